The van der Waals surface area contributed by atoms with Crippen molar-refractivity contribution in [2.24, 2.45) is 0 Å². The van der Waals surface area contributed by atoms with Gasteiger partial charge in [-0.3, -0.25) is 0 Å². The lowest BCUT2D eigenvalue weighted by atomic mass is 9.93. The fourth-order valence-electron chi connectivity index (χ4n) is 6.50. The molecule has 12 heteroatoms. The molecule has 4 heterocycles. The minimum atomic E-state index is -1.51. The van der Waals surface area contributed by atoms with Gasteiger partial charge in [-0.1, -0.05) is 35.8 Å². The third-order valence-electron chi connectivity index (χ3n) is 9.10. The van der Waals surface area contributed by atoms with E-state index in [1.807, 2.05) is 36.4 Å². The van der Waals surface area contributed by atoms with Crippen molar-refractivity contribution in [3.05, 3.63) is 47.5 Å². The van der Waals surface area contributed by atoms with Crippen molar-refractivity contribution in [1.82, 2.24) is 4.57 Å². The van der Waals surface area contributed by atoms with Crippen molar-refractivity contribution >= 4 is 21.8 Å². The van der Waals surface area contributed by atoms with Crippen LogP contribution in [0.3, 0.4) is 0 Å². The molecular weight excluding hydrogens is 598 g/mol. The summed E-state index contributed by atoms with van der Waals surface area (Å²) in [5.41, 5.74) is 3.16. The van der Waals surface area contributed by atoms with Crippen LogP contribution in [0.4, 0.5) is 0 Å². The normalized spacial score (nSPS) is 33.7. The fraction of sp³-hybridized carbons (Fsp3) is 0.529. The molecule has 12 nitrogen and oxygen atoms in total. The molecule has 246 valence electrons. The minimum absolute atomic E-state index is 0.0924. The Labute approximate surface area is 265 Å². The molecule has 46 heavy (non-hydrogen) atoms. The van der Waals surface area contributed by atoms with E-state index in [-0.39, 0.29) is 19.1 Å². The molecule has 0 amide bonds. The van der Waals surface area contributed by atoms with Crippen LogP contribution in [0.1, 0.15) is 36.4 Å². The highest BCUT2D eigenvalue weighted by Gasteiger charge is 2.43. The molecule has 0 aliphatic carbocycles. The average Bonchev–Trinajstić information content (AvgIpc) is 3.39. The molecule has 3 aliphatic heterocycles. The van der Waals surface area contributed by atoms with E-state index in [1.165, 1.54) is 0 Å². The zero-order valence-electron chi connectivity index (χ0n) is 25.0. The monoisotopic (exact) mass is 637 g/mol. The zero-order valence-corrected chi connectivity index (χ0v) is 25.0. The second kappa shape index (κ2) is 14.0. The highest BCUT2D eigenvalue weighted by atomic mass is 16.5. The molecule has 3 fully saturated rings. The standard InChI is InChI=1S/C34H39NO11/c36-12-9-27-31(40)33(42)29(38)25(45-27)7-3-18-1-5-21-22-6-2-19(4-8-26-30(39)34(43)32(41)28(17-37)46-26)16-24(22)35(23(21)15-18)20-10-13-44-14-11-20/h1-2,5-6,15-16,20,25-34,36-43H,9-14,17H2/t25-,26-,27-,28-,29-,30-,31-,32-,33-,34-/m1/s1. The van der Waals surface area contributed by atoms with Gasteiger partial charge in [0.25, 0.3) is 0 Å². The molecule has 0 spiro atoms. The molecule has 0 unspecified atom stereocenters. The van der Waals surface area contributed by atoms with Crippen LogP contribution in [-0.2, 0) is 14.2 Å². The van der Waals surface area contributed by atoms with Crippen molar-refractivity contribution < 1.29 is 55.1 Å². The molecule has 2 aromatic carbocycles. The third kappa shape index (κ3) is 6.28. The summed E-state index contributed by atoms with van der Waals surface area (Å²) in [5, 5.41) is 82.4. The molecule has 10 atom stereocenters. The Morgan fingerprint density at radius 3 is 1.65 bits per heavy atom. The van der Waals surface area contributed by atoms with E-state index >= 15 is 0 Å². The summed E-state index contributed by atoms with van der Waals surface area (Å²) in [7, 11) is 0. The van der Waals surface area contributed by atoms with Crippen molar-refractivity contribution in [1.29, 1.82) is 0 Å². The molecule has 0 bridgehead atoms. The number of aromatic nitrogens is 1. The van der Waals surface area contributed by atoms with Crippen molar-refractivity contribution in [2.45, 2.75) is 86.3 Å². The summed E-state index contributed by atoms with van der Waals surface area (Å²) in [6, 6.07) is 11.7. The van der Waals surface area contributed by atoms with Crippen molar-refractivity contribution in [3.8, 4) is 23.7 Å². The maximum atomic E-state index is 10.5. The first kappa shape index (κ1) is 32.8. The van der Waals surface area contributed by atoms with Gasteiger partial charge in [0.15, 0.2) is 0 Å². The first-order valence-electron chi connectivity index (χ1n) is 15.5. The summed E-state index contributed by atoms with van der Waals surface area (Å²) in [5.74, 6) is 11.8. The van der Waals surface area contributed by atoms with E-state index in [1.54, 1.807) is 0 Å². The van der Waals surface area contributed by atoms with E-state index in [0.717, 1.165) is 34.6 Å². The van der Waals surface area contributed by atoms with Crippen LogP contribution in [-0.4, -0.2) is 133 Å². The molecule has 3 aliphatic rings. The molecule has 0 radical (unpaired) electrons. The summed E-state index contributed by atoms with van der Waals surface area (Å²) >= 11 is 0. The number of hydrogen-bond donors (Lipinski definition) is 8. The number of aliphatic hydroxyl groups excluding tert-OH is 8. The van der Waals surface area contributed by atoms with E-state index in [2.05, 4.69) is 28.2 Å². The SMILES string of the molecule is OCC[C@H]1O[C@H](C#Cc2ccc3c4ccc(C#C[C@H]5O[C@H](CO)[C@@H](O)[C@H](O)[C@@H]5O)cc4n(C4CCOCC4)c3c2)[C@@H](O)[C@@H](O)[C@@H]1O. The van der Waals surface area contributed by atoms with Crippen molar-refractivity contribution in [3.63, 3.8) is 0 Å². The maximum absolute atomic E-state index is 10.5. The highest BCUT2D eigenvalue weighted by molar-refractivity contribution is 6.08. The number of ether oxygens (including phenoxy) is 3. The number of benzene rings is 2. The second-order valence-corrected chi connectivity index (χ2v) is 12.0. The molecule has 3 aromatic rings. The van der Waals surface area contributed by atoms with Gasteiger partial charge in [0.1, 0.15) is 54.9 Å². The number of rotatable bonds is 4. The van der Waals surface area contributed by atoms with Crippen LogP contribution < -0.4 is 0 Å². The van der Waals surface area contributed by atoms with Gasteiger partial charge in [-0.15, -0.1) is 0 Å². The number of nitrogens with zero attached hydrogens (tertiary/aromatic N) is 1. The van der Waals surface area contributed by atoms with Crippen LogP contribution in [0.15, 0.2) is 36.4 Å². The highest BCUT2D eigenvalue weighted by Crippen LogP contribution is 2.36. The van der Waals surface area contributed by atoms with Crippen LogP contribution >= 0.6 is 0 Å². The van der Waals surface area contributed by atoms with Gasteiger partial charge in [0, 0.05) is 47.8 Å². The number of aliphatic hydroxyl groups is 8. The van der Waals surface area contributed by atoms with E-state index in [9.17, 15) is 40.9 Å². The Bertz CT molecular complexity index is 1660. The molecule has 3 saturated heterocycles. The second-order valence-electron chi connectivity index (χ2n) is 12.0. The minimum Gasteiger partial charge on any atom is -0.396 e. The Morgan fingerprint density at radius 1 is 0.652 bits per heavy atom. The van der Waals surface area contributed by atoms with Gasteiger partial charge in [-0.2, -0.15) is 0 Å². The maximum Gasteiger partial charge on any atom is 0.147 e. The lowest BCUT2D eigenvalue weighted by Crippen LogP contribution is -2.58. The summed E-state index contributed by atoms with van der Waals surface area (Å²) in [6.07, 6.45) is -11.0. The summed E-state index contributed by atoms with van der Waals surface area (Å²) < 4.78 is 19.1. The Kier molecular flexibility index (Phi) is 9.96. The van der Waals surface area contributed by atoms with Crippen LogP contribution in [0.5, 0.6) is 0 Å². The molecule has 6 rings (SSSR count). The quantitative estimate of drug-likeness (QED) is 0.162. The first-order chi connectivity index (χ1) is 22.2. The lowest BCUT2D eigenvalue weighted by molar-refractivity contribution is -0.214. The average molecular weight is 638 g/mol. The van der Waals surface area contributed by atoms with Crippen LogP contribution in [0, 0.1) is 23.7 Å². The van der Waals surface area contributed by atoms with Gasteiger partial charge >= 0.3 is 0 Å². The molecule has 0 saturated carbocycles. The Morgan fingerprint density at radius 2 is 1.15 bits per heavy atom. The van der Waals surface area contributed by atoms with Crippen molar-refractivity contribution in [2.75, 3.05) is 26.4 Å². The number of fused-ring (bicyclic) bond motifs is 3. The molecule has 1 aromatic heterocycles. The predicted molar refractivity (Wildman–Crippen MR) is 164 cm³/mol. The lowest BCUT2D eigenvalue weighted by Gasteiger charge is -2.38. The summed E-state index contributed by atoms with van der Waals surface area (Å²) in [6.45, 7) is 0.444. The number of hydrogen-bond acceptors (Lipinski definition) is 11. The van der Waals surface area contributed by atoms with Gasteiger partial charge in [0.2, 0.25) is 0 Å². The Hall–Kier alpha value is -3.08. The summed E-state index contributed by atoms with van der Waals surface area (Å²) in [4.78, 5) is 0. The van der Waals surface area contributed by atoms with Gasteiger partial charge in [-0.05, 0) is 43.5 Å². The largest absolute Gasteiger partial charge is 0.396 e. The van der Waals surface area contributed by atoms with Gasteiger partial charge in [0.05, 0.1) is 23.7 Å². The van der Waals surface area contributed by atoms with Gasteiger partial charge in [-0.25, -0.2) is 0 Å². The third-order valence-corrected chi connectivity index (χ3v) is 9.10. The molecule has 8 N–H and O–H groups in total. The smallest absolute Gasteiger partial charge is 0.147 e. The topological polar surface area (TPSA) is 194 Å². The fourth-order valence-corrected chi connectivity index (χ4v) is 6.50. The Balaban J connectivity index is 1.36. The van der Waals surface area contributed by atoms with E-state index < -0.39 is 67.6 Å². The van der Waals surface area contributed by atoms with Crippen LogP contribution in [0.2, 0.25) is 0 Å². The predicted octanol–water partition coefficient (Wildman–Crippen LogP) is -1.08. The molecular formula is C34H39NO11. The van der Waals surface area contributed by atoms with Gasteiger partial charge < -0.3 is 59.6 Å². The zero-order chi connectivity index (χ0) is 32.5. The van der Waals surface area contributed by atoms with Crippen LogP contribution in [0.25, 0.3) is 21.8 Å². The first-order valence-corrected chi connectivity index (χ1v) is 15.5. The van der Waals surface area contributed by atoms with E-state index in [4.69, 9.17) is 14.2 Å². The van der Waals surface area contributed by atoms with E-state index in [0.29, 0.717) is 24.3 Å².